The van der Waals surface area contributed by atoms with Gasteiger partial charge in [-0.05, 0) is 24.4 Å². The number of isothiocyanates is 1. The highest BCUT2D eigenvalue weighted by Gasteiger charge is 2.03. The molecule has 0 aliphatic heterocycles. The summed E-state index contributed by atoms with van der Waals surface area (Å²) < 4.78 is 0. The third-order valence-electron chi connectivity index (χ3n) is 1.63. The number of rotatable bonds is 1. The Balaban J connectivity index is 2.78. The number of nitrogens with zero attached hydrogens (tertiary/aromatic N) is 2. The quantitative estimate of drug-likeness (QED) is 0.446. The molecule has 0 aromatic carbocycles. The smallest absolute Gasteiger partial charge is 0.130 e. The highest BCUT2D eigenvalue weighted by molar-refractivity contribution is 7.78. The molecule has 2 aromatic rings. The summed E-state index contributed by atoms with van der Waals surface area (Å²) in [6.07, 6.45) is 1.72. The SMILES string of the molecule is S=C=Nc1c[nH]c2ccc(Cl)nc12. The van der Waals surface area contributed by atoms with Crippen molar-refractivity contribution in [1.82, 2.24) is 9.97 Å². The van der Waals surface area contributed by atoms with E-state index in [1.165, 1.54) is 0 Å². The van der Waals surface area contributed by atoms with E-state index in [1.807, 2.05) is 6.07 Å². The molecule has 64 valence electrons. The molecule has 0 unspecified atom stereocenters. The summed E-state index contributed by atoms with van der Waals surface area (Å²) in [6.45, 7) is 0. The first-order valence-corrected chi connectivity index (χ1v) is 4.31. The number of H-pyrrole nitrogens is 1. The second-order valence-electron chi connectivity index (χ2n) is 2.41. The Bertz CT molecular complexity index is 499. The van der Waals surface area contributed by atoms with Gasteiger partial charge in [-0.1, -0.05) is 11.6 Å². The lowest BCUT2D eigenvalue weighted by Crippen LogP contribution is -1.74. The second kappa shape index (κ2) is 3.26. The number of thiocarbonyl (C=S) groups is 1. The van der Waals surface area contributed by atoms with Gasteiger partial charge in [0.25, 0.3) is 0 Å². The van der Waals surface area contributed by atoms with E-state index in [0.717, 1.165) is 5.52 Å². The van der Waals surface area contributed by atoms with Crippen molar-refractivity contribution >= 4 is 45.7 Å². The molecule has 0 aliphatic rings. The minimum atomic E-state index is 0.438. The van der Waals surface area contributed by atoms with Crippen molar-refractivity contribution in [3.63, 3.8) is 0 Å². The van der Waals surface area contributed by atoms with Crippen molar-refractivity contribution in [2.24, 2.45) is 4.99 Å². The lowest BCUT2D eigenvalue weighted by atomic mass is 10.3. The average molecular weight is 210 g/mol. The molecule has 0 saturated heterocycles. The van der Waals surface area contributed by atoms with Crippen molar-refractivity contribution < 1.29 is 0 Å². The zero-order valence-corrected chi connectivity index (χ0v) is 7.99. The number of aromatic nitrogens is 2. The van der Waals surface area contributed by atoms with E-state index in [-0.39, 0.29) is 0 Å². The van der Waals surface area contributed by atoms with Crippen LogP contribution in [-0.4, -0.2) is 15.1 Å². The molecule has 0 atom stereocenters. The number of fused-ring (bicyclic) bond motifs is 1. The normalized spacial score (nSPS) is 9.92. The van der Waals surface area contributed by atoms with Crippen molar-refractivity contribution in [2.75, 3.05) is 0 Å². The molecule has 5 heteroatoms. The Morgan fingerprint density at radius 2 is 2.38 bits per heavy atom. The number of halogens is 1. The summed E-state index contributed by atoms with van der Waals surface area (Å²) in [5, 5.41) is 2.72. The topological polar surface area (TPSA) is 41.0 Å². The fourth-order valence-corrected chi connectivity index (χ4v) is 1.34. The Morgan fingerprint density at radius 3 is 3.15 bits per heavy atom. The van der Waals surface area contributed by atoms with E-state index in [9.17, 15) is 0 Å². The van der Waals surface area contributed by atoms with Gasteiger partial charge in [0.2, 0.25) is 0 Å². The molecular weight excluding hydrogens is 206 g/mol. The molecular formula is C8H4ClN3S. The van der Waals surface area contributed by atoms with Gasteiger partial charge in [-0.25, -0.2) is 4.98 Å². The minimum absolute atomic E-state index is 0.438. The third-order valence-corrected chi connectivity index (χ3v) is 1.94. The van der Waals surface area contributed by atoms with Crippen molar-refractivity contribution in [2.45, 2.75) is 0 Å². The van der Waals surface area contributed by atoms with Crippen LogP contribution in [-0.2, 0) is 0 Å². The Hall–Kier alpha value is -1.22. The second-order valence-corrected chi connectivity index (χ2v) is 2.98. The molecule has 2 heterocycles. The minimum Gasteiger partial charge on any atom is -0.358 e. The number of aromatic amines is 1. The van der Waals surface area contributed by atoms with Gasteiger partial charge in [0.05, 0.1) is 10.7 Å². The first-order chi connectivity index (χ1) is 6.31. The standard InChI is InChI=1S/C8H4ClN3S/c9-7-2-1-5-8(12-7)6(3-10-5)11-4-13/h1-3,10H. The average Bonchev–Trinajstić information content (AvgIpc) is 2.49. The van der Waals surface area contributed by atoms with Crippen LogP contribution in [0, 0.1) is 0 Å². The molecule has 3 nitrogen and oxygen atoms in total. The van der Waals surface area contributed by atoms with Gasteiger partial charge in [-0.2, -0.15) is 4.99 Å². The summed E-state index contributed by atoms with van der Waals surface area (Å²) >= 11 is 10.2. The fourth-order valence-electron chi connectivity index (χ4n) is 1.10. The van der Waals surface area contributed by atoms with E-state index in [0.29, 0.717) is 16.4 Å². The lowest BCUT2D eigenvalue weighted by Gasteiger charge is -1.90. The third kappa shape index (κ3) is 1.47. The van der Waals surface area contributed by atoms with E-state index >= 15 is 0 Å². The highest BCUT2D eigenvalue weighted by Crippen LogP contribution is 2.24. The van der Waals surface area contributed by atoms with Gasteiger partial charge < -0.3 is 4.98 Å². The molecule has 13 heavy (non-hydrogen) atoms. The number of pyridine rings is 1. The summed E-state index contributed by atoms with van der Waals surface area (Å²) in [5.41, 5.74) is 2.26. The van der Waals surface area contributed by atoms with Gasteiger partial charge in [-0.15, -0.1) is 0 Å². The summed E-state index contributed by atoms with van der Waals surface area (Å²) in [5.74, 6) is 0. The Morgan fingerprint density at radius 1 is 1.54 bits per heavy atom. The van der Waals surface area contributed by atoms with Crippen LogP contribution in [0.2, 0.25) is 5.15 Å². The maximum Gasteiger partial charge on any atom is 0.130 e. The molecule has 0 amide bonds. The summed E-state index contributed by atoms with van der Waals surface area (Å²) in [4.78, 5) is 11.0. The van der Waals surface area contributed by atoms with Crippen LogP contribution < -0.4 is 0 Å². The van der Waals surface area contributed by atoms with E-state index in [4.69, 9.17) is 11.6 Å². The van der Waals surface area contributed by atoms with Crippen LogP contribution in [0.15, 0.2) is 23.3 Å². The van der Waals surface area contributed by atoms with Crippen molar-refractivity contribution in [3.8, 4) is 0 Å². The molecule has 0 radical (unpaired) electrons. The van der Waals surface area contributed by atoms with Crippen molar-refractivity contribution in [1.29, 1.82) is 0 Å². The molecule has 0 fully saturated rings. The van der Waals surface area contributed by atoms with Crippen LogP contribution in [0.3, 0.4) is 0 Å². The predicted molar refractivity (Wildman–Crippen MR) is 55.8 cm³/mol. The molecule has 2 aromatic heterocycles. The van der Waals surface area contributed by atoms with Gasteiger partial charge in [0.1, 0.15) is 16.4 Å². The number of hydrogen-bond acceptors (Lipinski definition) is 3. The number of hydrogen-bond donors (Lipinski definition) is 1. The van der Waals surface area contributed by atoms with Crippen LogP contribution in [0.5, 0.6) is 0 Å². The summed E-state index contributed by atoms with van der Waals surface area (Å²) in [7, 11) is 0. The maximum absolute atomic E-state index is 5.73. The highest BCUT2D eigenvalue weighted by atomic mass is 35.5. The predicted octanol–water partition coefficient (Wildman–Crippen LogP) is 2.95. The van der Waals surface area contributed by atoms with Crippen LogP contribution in [0.1, 0.15) is 0 Å². The summed E-state index contributed by atoms with van der Waals surface area (Å²) in [6, 6.07) is 3.55. The first-order valence-electron chi connectivity index (χ1n) is 3.53. The molecule has 0 aliphatic carbocycles. The van der Waals surface area contributed by atoms with Gasteiger partial charge in [0.15, 0.2) is 0 Å². The number of nitrogens with one attached hydrogen (secondary N) is 1. The zero-order valence-electron chi connectivity index (χ0n) is 6.41. The number of aliphatic imine (C=N–C) groups is 1. The fraction of sp³-hybridized carbons (Fsp3) is 0. The van der Waals surface area contributed by atoms with Gasteiger partial charge in [0, 0.05) is 6.20 Å². The van der Waals surface area contributed by atoms with Gasteiger partial charge >= 0.3 is 0 Å². The van der Waals surface area contributed by atoms with Crippen molar-refractivity contribution in [3.05, 3.63) is 23.5 Å². The van der Waals surface area contributed by atoms with Gasteiger partial charge in [-0.3, -0.25) is 0 Å². The molecule has 0 bridgehead atoms. The molecule has 1 N–H and O–H groups in total. The van der Waals surface area contributed by atoms with E-state index in [2.05, 4.69) is 32.3 Å². The lowest BCUT2D eigenvalue weighted by molar-refractivity contribution is 1.40. The molecule has 0 spiro atoms. The van der Waals surface area contributed by atoms with E-state index < -0.39 is 0 Å². The monoisotopic (exact) mass is 209 g/mol. The first kappa shape index (κ1) is 8.38. The molecule has 2 rings (SSSR count). The van der Waals surface area contributed by atoms with Crippen LogP contribution >= 0.6 is 23.8 Å². The molecule has 0 saturated carbocycles. The largest absolute Gasteiger partial charge is 0.358 e. The maximum atomic E-state index is 5.73. The Kier molecular flexibility index (Phi) is 2.10. The van der Waals surface area contributed by atoms with E-state index in [1.54, 1.807) is 12.3 Å². The zero-order chi connectivity index (χ0) is 9.26. The van der Waals surface area contributed by atoms with Crippen LogP contribution in [0.4, 0.5) is 5.69 Å². The van der Waals surface area contributed by atoms with Crippen LogP contribution in [0.25, 0.3) is 11.0 Å². The Labute approximate surface area is 84.5 Å².